The van der Waals surface area contributed by atoms with Gasteiger partial charge in [-0.15, -0.1) is 11.6 Å². The Kier molecular flexibility index (Phi) is 2.84. The molecule has 0 aromatic heterocycles. The number of rotatable bonds is 2. The maximum absolute atomic E-state index is 5.67. The summed E-state index contributed by atoms with van der Waals surface area (Å²) in [7, 11) is 0. The molecule has 2 rings (SSSR count). The van der Waals surface area contributed by atoms with E-state index in [0.29, 0.717) is 5.88 Å². The Labute approximate surface area is 89.0 Å². The molecule has 3 atom stereocenters. The summed E-state index contributed by atoms with van der Waals surface area (Å²) in [4.78, 5) is 0. The highest BCUT2D eigenvalue weighted by atomic mass is 35.5. The van der Waals surface area contributed by atoms with Crippen LogP contribution in [0.3, 0.4) is 0 Å². The molecule has 2 fully saturated rings. The molecule has 0 amide bonds. The van der Waals surface area contributed by atoms with Gasteiger partial charge >= 0.3 is 0 Å². The molecule has 2 aliphatic heterocycles. The molecule has 3 unspecified atom stereocenters. The van der Waals surface area contributed by atoms with Crippen LogP contribution in [0.4, 0.5) is 0 Å². The van der Waals surface area contributed by atoms with Gasteiger partial charge in [-0.05, 0) is 13.8 Å². The molecule has 0 spiro atoms. The summed E-state index contributed by atoms with van der Waals surface area (Å²) in [5.41, 5.74) is 0. The first-order chi connectivity index (χ1) is 6.61. The first-order valence-electron chi connectivity index (χ1n) is 4.84. The van der Waals surface area contributed by atoms with Crippen LogP contribution in [0.15, 0.2) is 12.2 Å². The minimum Gasteiger partial charge on any atom is -0.342 e. The third-order valence-electron chi connectivity index (χ3n) is 2.35. The molecule has 0 bridgehead atoms. The van der Waals surface area contributed by atoms with Gasteiger partial charge in [-0.25, -0.2) is 0 Å². The molecule has 4 heteroatoms. The third kappa shape index (κ3) is 2.11. The zero-order valence-corrected chi connectivity index (χ0v) is 9.16. The van der Waals surface area contributed by atoms with E-state index in [-0.39, 0.29) is 18.5 Å². The Bertz CT molecular complexity index is 224. The molecule has 2 heterocycles. The van der Waals surface area contributed by atoms with Crippen LogP contribution in [0.25, 0.3) is 0 Å². The van der Waals surface area contributed by atoms with Crippen LogP contribution in [-0.4, -0.2) is 30.2 Å². The average molecular weight is 219 g/mol. The van der Waals surface area contributed by atoms with Crippen molar-refractivity contribution in [1.82, 2.24) is 0 Å². The van der Waals surface area contributed by atoms with E-state index in [2.05, 4.69) is 0 Å². The van der Waals surface area contributed by atoms with Crippen LogP contribution < -0.4 is 0 Å². The number of alkyl halides is 1. The van der Waals surface area contributed by atoms with E-state index >= 15 is 0 Å². The predicted molar refractivity (Wildman–Crippen MR) is 53.2 cm³/mol. The van der Waals surface area contributed by atoms with Gasteiger partial charge in [0.1, 0.15) is 6.10 Å². The summed E-state index contributed by atoms with van der Waals surface area (Å²) in [5, 5.41) is 0. The number of allylic oxidation sites excluding steroid dienone is 1. The van der Waals surface area contributed by atoms with Crippen LogP contribution in [0, 0.1) is 0 Å². The lowest BCUT2D eigenvalue weighted by molar-refractivity contribution is -0.200. The van der Waals surface area contributed by atoms with E-state index in [4.69, 9.17) is 25.8 Å². The minimum atomic E-state index is -0.503. The van der Waals surface area contributed by atoms with Crippen molar-refractivity contribution in [3.8, 4) is 0 Å². The van der Waals surface area contributed by atoms with Crippen molar-refractivity contribution in [1.29, 1.82) is 0 Å². The van der Waals surface area contributed by atoms with Crippen LogP contribution in [-0.2, 0) is 14.2 Å². The minimum absolute atomic E-state index is 0.0648. The molecule has 80 valence electrons. The number of hydrogen-bond acceptors (Lipinski definition) is 3. The maximum atomic E-state index is 5.67. The van der Waals surface area contributed by atoms with Crippen molar-refractivity contribution >= 4 is 11.6 Å². The summed E-state index contributed by atoms with van der Waals surface area (Å²) in [5.74, 6) is 0.0128. The van der Waals surface area contributed by atoms with Gasteiger partial charge in [0, 0.05) is 12.3 Å². The number of hydrogen-bond donors (Lipinski definition) is 0. The molecule has 0 aliphatic carbocycles. The maximum Gasteiger partial charge on any atom is 0.187 e. The van der Waals surface area contributed by atoms with Gasteiger partial charge in [0.05, 0.1) is 6.10 Å². The van der Waals surface area contributed by atoms with E-state index in [1.165, 1.54) is 0 Å². The molecular weight excluding hydrogens is 204 g/mol. The van der Waals surface area contributed by atoms with Crippen molar-refractivity contribution in [2.24, 2.45) is 0 Å². The molecule has 0 N–H and O–H groups in total. The van der Waals surface area contributed by atoms with Crippen LogP contribution in [0.1, 0.15) is 20.3 Å². The Balaban J connectivity index is 1.90. The summed E-state index contributed by atoms with van der Waals surface area (Å²) in [6, 6.07) is 0. The summed E-state index contributed by atoms with van der Waals surface area (Å²) < 4.78 is 16.9. The highest BCUT2D eigenvalue weighted by molar-refractivity contribution is 6.18. The van der Waals surface area contributed by atoms with Crippen molar-refractivity contribution in [2.75, 3.05) is 5.88 Å². The van der Waals surface area contributed by atoms with E-state index < -0.39 is 5.79 Å². The van der Waals surface area contributed by atoms with E-state index in [1.54, 1.807) is 0 Å². The molecule has 2 aliphatic rings. The van der Waals surface area contributed by atoms with Gasteiger partial charge in [0.2, 0.25) is 0 Å². The topological polar surface area (TPSA) is 27.7 Å². The van der Waals surface area contributed by atoms with Crippen molar-refractivity contribution < 1.29 is 14.2 Å². The first kappa shape index (κ1) is 10.4. The van der Waals surface area contributed by atoms with Crippen LogP contribution in [0.5, 0.6) is 0 Å². The normalized spacial score (nSPS) is 40.6. The average Bonchev–Trinajstić information content (AvgIpc) is 2.53. The fraction of sp³-hybridized carbons (Fsp3) is 0.800. The second-order valence-corrected chi connectivity index (χ2v) is 4.34. The summed E-state index contributed by atoms with van der Waals surface area (Å²) >= 11 is 5.54. The number of ether oxygens (including phenoxy) is 3. The van der Waals surface area contributed by atoms with Crippen molar-refractivity contribution in [3.63, 3.8) is 0 Å². The lowest BCUT2D eigenvalue weighted by atomic mass is 10.2. The quantitative estimate of drug-likeness (QED) is 0.525. The fourth-order valence-electron chi connectivity index (χ4n) is 1.86. The lowest BCUT2D eigenvalue weighted by Gasteiger charge is -2.19. The molecule has 0 radical (unpaired) electrons. The molecule has 14 heavy (non-hydrogen) atoms. The largest absolute Gasteiger partial charge is 0.342 e. The van der Waals surface area contributed by atoms with Gasteiger partial charge in [-0.2, -0.15) is 0 Å². The zero-order chi connectivity index (χ0) is 10.2. The van der Waals surface area contributed by atoms with Crippen molar-refractivity contribution in [2.45, 2.75) is 44.6 Å². The molecule has 2 saturated heterocycles. The highest BCUT2D eigenvalue weighted by Gasteiger charge is 2.47. The Hall–Kier alpha value is -0.0900. The smallest absolute Gasteiger partial charge is 0.187 e. The van der Waals surface area contributed by atoms with Gasteiger partial charge in [0.15, 0.2) is 12.1 Å². The first-order valence-corrected chi connectivity index (χ1v) is 5.38. The Morgan fingerprint density at radius 3 is 2.86 bits per heavy atom. The standard InChI is InChI=1S/C10H15ClO3/c1-10(2)13-8-6-7(4-3-5-11)12-9(8)14-10/h3-4,7-9H,5-6H2,1-2H3/b4-3+. The van der Waals surface area contributed by atoms with E-state index in [9.17, 15) is 0 Å². The highest BCUT2D eigenvalue weighted by Crippen LogP contribution is 2.37. The second kappa shape index (κ2) is 3.81. The third-order valence-corrected chi connectivity index (χ3v) is 2.53. The molecular formula is C10H15ClO3. The zero-order valence-electron chi connectivity index (χ0n) is 8.40. The van der Waals surface area contributed by atoms with Gasteiger partial charge in [-0.3, -0.25) is 0 Å². The Morgan fingerprint density at radius 1 is 1.43 bits per heavy atom. The van der Waals surface area contributed by atoms with Gasteiger partial charge in [0.25, 0.3) is 0 Å². The lowest BCUT2D eigenvalue weighted by Crippen LogP contribution is -2.24. The Morgan fingerprint density at radius 2 is 2.21 bits per heavy atom. The van der Waals surface area contributed by atoms with Gasteiger partial charge in [-0.1, -0.05) is 12.2 Å². The monoisotopic (exact) mass is 218 g/mol. The molecule has 0 aromatic rings. The molecule has 0 saturated carbocycles. The fourth-order valence-corrected chi connectivity index (χ4v) is 1.96. The SMILES string of the molecule is CC1(C)OC2CC(/C=C/CCl)OC2O1. The van der Waals surface area contributed by atoms with Gasteiger partial charge < -0.3 is 14.2 Å². The van der Waals surface area contributed by atoms with Crippen LogP contribution in [0.2, 0.25) is 0 Å². The summed E-state index contributed by atoms with van der Waals surface area (Å²) in [6.45, 7) is 3.80. The summed E-state index contributed by atoms with van der Waals surface area (Å²) in [6.07, 6.45) is 4.63. The van der Waals surface area contributed by atoms with E-state index in [1.807, 2.05) is 26.0 Å². The molecule has 3 nitrogen and oxygen atoms in total. The number of fused-ring (bicyclic) bond motifs is 1. The molecule has 0 aromatic carbocycles. The van der Waals surface area contributed by atoms with Crippen molar-refractivity contribution in [3.05, 3.63) is 12.2 Å². The van der Waals surface area contributed by atoms with Crippen LogP contribution >= 0.6 is 11.6 Å². The predicted octanol–water partition coefficient (Wildman–Crippen LogP) is 2.05. The second-order valence-electron chi connectivity index (χ2n) is 4.04. The van der Waals surface area contributed by atoms with E-state index in [0.717, 1.165) is 6.42 Å². The number of halogens is 1.